The molecule has 1 heterocycles. The third kappa shape index (κ3) is 5.05. The van der Waals surface area contributed by atoms with Crippen molar-refractivity contribution in [3.05, 3.63) is 15.6 Å². The van der Waals surface area contributed by atoms with Crippen LogP contribution < -0.4 is 11.1 Å². The fourth-order valence-corrected chi connectivity index (χ4v) is 4.61. The largest absolute Gasteiger partial charge is 0.380 e. The average molecular weight is 396 g/mol. The average Bonchev–Trinajstić information content (AvgIpc) is 3.08. The number of rotatable bonds is 5. The summed E-state index contributed by atoms with van der Waals surface area (Å²) in [6.07, 6.45) is 6.84. The molecular weight excluding hydrogens is 369 g/mol. The van der Waals surface area contributed by atoms with E-state index in [-0.39, 0.29) is 48.8 Å². The zero-order valence-corrected chi connectivity index (χ0v) is 16.4. The van der Waals surface area contributed by atoms with Crippen molar-refractivity contribution in [3.63, 3.8) is 0 Å². The highest BCUT2D eigenvalue weighted by atomic mass is 35.5. The number of nitrogens with one attached hydrogen (secondary N) is 1. The number of methoxy groups -OCH3 is 1. The molecule has 2 aliphatic carbocycles. The molecule has 5 nitrogen and oxygen atoms in total. The summed E-state index contributed by atoms with van der Waals surface area (Å²) in [6, 6.07) is 0.0618. The first-order valence-electron chi connectivity index (χ1n) is 8.21. The van der Waals surface area contributed by atoms with Gasteiger partial charge in [0.25, 0.3) is 0 Å². The van der Waals surface area contributed by atoms with Crippen molar-refractivity contribution in [1.29, 1.82) is 0 Å². The number of hydrogen-bond acceptors (Lipinski definition) is 5. The van der Waals surface area contributed by atoms with E-state index in [1.807, 2.05) is 11.3 Å². The molecule has 0 unspecified atom stereocenters. The van der Waals surface area contributed by atoms with E-state index < -0.39 is 0 Å². The molecule has 0 aliphatic heterocycles. The van der Waals surface area contributed by atoms with E-state index in [4.69, 9.17) is 10.5 Å². The van der Waals surface area contributed by atoms with E-state index in [0.29, 0.717) is 6.54 Å². The van der Waals surface area contributed by atoms with Crippen molar-refractivity contribution < 1.29 is 9.53 Å². The molecule has 2 aliphatic rings. The summed E-state index contributed by atoms with van der Waals surface area (Å²) in [5.41, 5.74) is 7.29. The van der Waals surface area contributed by atoms with Gasteiger partial charge in [-0.1, -0.05) is 0 Å². The first-order chi connectivity index (χ1) is 10.7. The van der Waals surface area contributed by atoms with Gasteiger partial charge in [-0.05, 0) is 38.5 Å². The fourth-order valence-electron chi connectivity index (χ4n) is 3.45. The topological polar surface area (TPSA) is 77.2 Å². The summed E-state index contributed by atoms with van der Waals surface area (Å²) in [6.45, 7) is 0.672. The molecule has 3 rings (SSSR count). The van der Waals surface area contributed by atoms with Crippen LogP contribution in [-0.4, -0.2) is 36.7 Å². The predicted octanol–water partition coefficient (Wildman–Crippen LogP) is 2.28. The molecule has 1 aromatic heterocycles. The van der Waals surface area contributed by atoms with Crippen molar-refractivity contribution in [1.82, 2.24) is 10.3 Å². The molecule has 3 N–H and O–H groups in total. The first-order valence-corrected chi connectivity index (χ1v) is 9.02. The van der Waals surface area contributed by atoms with E-state index in [2.05, 4.69) is 10.3 Å². The number of aromatic nitrogens is 1. The lowest BCUT2D eigenvalue weighted by Gasteiger charge is -2.32. The number of fused-ring (bicyclic) bond motifs is 1. The molecule has 1 aromatic rings. The number of halogens is 2. The Labute approximate surface area is 159 Å². The Morgan fingerprint density at radius 1 is 1.38 bits per heavy atom. The van der Waals surface area contributed by atoms with Crippen LogP contribution in [0, 0.1) is 5.92 Å². The number of carbonyl (C=O) groups excluding carboxylic acids is 1. The van der Waals surface area contributed by atoms with Crippen LogP contribution >= 0.6 is 36.2 Å². The van der Waals surface area contributed by atoms with Crippen molar-refractivity contribution >= 4 is 42.1 Å². The van der Waals surface area contributed by atoms with Gasteiger partial charge >= 0.3 is 0 Å². The highest BCUT2D eigenvalue weighted by molar-refractivity contribution is 7.11. The summed E-state index contributed by atoms with van der Waals surface area (Å²) in [5.74, 6) is 0.170. The molecule has 1 amide bonds. The fraction of sp³-hybridized carbons (Fsp3) is 0.750. The summed E-state index contributed by atoms with van der Waals surface area (Å²) in [7, 11) is 1.67. The highest BCUT2D eigenvalue weighted by Crippen LogP contribution is 2.28. The van der Waals surface area contributed by atoms with Crippen LogP contribution in [0.2, 0.25) is 0 Å². The number of nitrogens with zero attached hydrogens (tertiary/aromatic N) is 1. The number of hydrogen-bond donors (Lipinski definition) is 2. The second kappa shape index (κ2) is 9.92. The zero-order chi connectivity index (χ0) is 15.5. The summed E-state index contributed by atoms with van der Waals surface area (Å²) in [4.78, 5) is 18.4. The van der Waals surface area contributed by atoms with Crippen LogP contribution in [0.5, 0.6) is 0 Å². The van der Waals surface area contributed by atoms with Crippen molar-refractivity contribution in [3.8, 4) is 0 Å². The number of nitrogens with two attached hydrogens (primary N) is 1. The van der Waals surface area contributed by atoms with Crippen molar-refractivity contribution in [2.75, 3.05) is 13.7 Å². The standard InChI is InChI=1S/C16H25N3O2S.2ClH/c1-21-13-9-10(5-6-11(13)17)16(20)18-8-7-15-19-12-3-2-4-14(12)22-15;;/h10-11,13H,2-9,17H2,1H3,(H,18,20);2*1H/t10-,11+,13+;;/m0../s1. The molecule has 0 saturated heterocycles. The van der Waals surface area contributed by atoms with E-state index in [9.17, 15) is 4.79 Å². The van der Waals surface area contributed by atoms with E-state index in [1.54, 1.807) is 7.11 Å². The lowest BCUT2D eigenvalue weighted by molar-refractivity contribution is -0.127. The number of ether oxygens (including phenoxy) is 1. The number of aryl methyl sites for hydroxylation is 2. The van der Waals surface area contributed by atoms with E-state index >= 15 is 0 Å². The summed E-state index contributed by atoms with van der Waals surface area (Å²) < 4.78 is 5.38. The second-order valence-corrected chi connectivity index (χ2v) is 7.49. The minimum absolute atomic E-state index is 0. The molecule has 0 aromatic carbocycles. The molecule has 1 saturated carbocycles. The van der Waals surface area contributed by atoms with Crippen LogP contribution in [0.15, 0.2) is 0 Å². The van der Waals surface area contributed by atoms with Gasteiger partial charge in [0.15, 0.2) is 0 Å². The molecule has 0 spiro atoms. The maximum atomic E-state index is 12.3. The normalized spacial score (nSPS) is 25.3. The number of amides is 1. The Bertz CT molecular complexity index is 520. The van der Waals surface area contributed by atoms with Gasteiger partial charge in [-0.2, -0.15) is 0 Å². The van der Waals surface area contributed by atoms with Gasteiger partial charge in [0.1, 0.15) is 0 Å². The van der Waals surface area contributed by atoms with Gasteiger partial charge in [-0.25, -0.2) is 4.98 Å². The Morgan fingerprint density at radius 2 is 2.17 bits per heavy atom. The minimum atomic E-state index is 0. The molecular formula is C16H27Cl2N3O2S. The quantitative estimate of drug-likeness (QED) is 0.801. The van der Waals surface area contributed by atoms with E-state index in [1.165, 1.54) is 23.4 Å². The number of thiazole rings is 1. The second-order valence-electron chi connectivity index (χ2n) is 6.32. The lowest BCUT2D eigenvalue weighted by atomic mass is 9.83. The van der Waals surface area contributed by atoms with Gasteiger partial charge in [0.2, 0.25) is 5.91 Å². The van der Waals surface area contributed by atoms with Gasteiger partial charge < -0.3 is 15.8 Å². The van der Waals surface area contributed by atoms with Gasteiger partial charge in [0.05, 0.1) is 16.8 Å². The molecule has 0 bridgehead atoms. The Balaban J connectivity index is 0.00000144. The van der Waals surface area contributed by atoms with E-state index in [0.717, 1.165) is 37.1 Å². The minimum Gasteiger partial charge on any atom is -0.380 e. The Kier molecular flexibility index (Phi) is 8.95. The Morgan fingerprint density at radius 3 is 2.88 bits per heavy atom. The molecule has 0 radical (unpaired) electrons. The number of carbonyl (C=O) groups is 1. The summed E-state index contributed by atoms with van der Waals surface area (Å²) >= 11 is 1.81. The smallest absolute Gasteiger partial charge is 0.223 e. The van der Waals surface area contributed by atoms with Crippen LogP contribution in [0.4, 0.5) is 0 Å². The molecule has 138 valence electrons. The van der Waals surface area contributed by atoms with Crippen LogP contribution in [-0.2, 0) is 28.8 Å². The monoisotopic (exact) mass is 395 g/mol. The SMILES string of the molecule is CO[C@@H]1C[C@@H](C(=O)NCCc2nc3c(s2)CCC3)CC[C@H]1N.Cl.Cl. The predicted molar refractivity (Wildman–Crippen MR) is 101 cm³/mol. The first kappa shape index (κ1) is 21.6. The molecule has 8 heteroatoms. The third-order valence-electron chi connectivity index (χ3n) is 4.79. The van der Waals surface area contributed by atoms with Gasteiger partial charge in [-0.3, -0.25) is 4.79 Å². The van der Waals surface area contributed by atoms with Crippen LogP contribution in [0.25, 0.3) is 0 Å². The highest BCUT2D eigenvalue weighted by Gasteiger charge is 2.31. The van der Waals surface area contributed by atoms with Crippen LogP contribution in [0.1, 0.15) is 41.3 Å². The lowest BCUT2D eigenvalue weighted by Crippen LogP contribution is -2.45. The molecule has 24 heavy (non-hydrogen) atoms. The van der Waals surface area contributed by atoms with Gasteiger partial charge in [-0.15, -0.1) is 36.2 Å². The summed E-state index contributed by atoms with van der Waals surface area (Å²) in [5, 5.41) is 4.21. The third-order valence-corrected chi connectivity index (χ3v) is 6.01. The Hall–Kier alpha value is -0.400. The molecule has 1 fully saturated rings. The molecule has 3 atom stereocenters. The van der Waals surface area contributed by atoms with Crippen molar-refractivity contribution in [2.24, 2.45) is 11.7 Å². The maximum absolute atomic E-state index is 12.3. The zero-order valence-electron chi connectivity index (χ0n) is 14.0. The maximum Gasteiger partial charge on any atom is 0.223 e. The van der Waals surface area contributed by atoms with Crippen LogP contribution in [0.3, 0.4) is 0 Å². The van der Waals surface area contributed by atoms with Crippen molar-refractivity contribution in [2.45, 2.75) is 57.1 Å². The van der Waals surface area contributed by atoms with Gasteiger partial charge in [0, 0.05) is 36.9 Å².